The van der Waals surface area contributed by atoms with Gasteiger partial charge in [-0.15, -0.1) is 0 Å². The third-order valence-corrected chi connectivity index (χ3v) is 7.36. The maximum Gasteiger partial charge on any atom is 0.230 e. The standard InChI is InChI=1S/C27H27N3O3/c31-25(28-14-11-19-16-29-21-9-5-4-8-20(19)21)23-22-10-13-27(33-22)17-30(26(32)24(23)27)15-12-18-6-2-1-3-7-18/h1-10,13,16,22-24,29H,11-12,14-15,17H2,(H,28,31)/t22-,23-,24+,27+/m0/s1. The summed E-state index contributed by atoms with van der Waals surface area (Å²) in [7, 11) is 0. The van der Waals surface area contributed by atoms with Gasteiger partial charge in [-0.1, -0.05) is 60.7 Å². The van der Waals surface area contributed by atoms with Gasteiger partial charge in [0.2, 0.25) is 11.8 Å². The molecule has 6 nitrogen and oxygen atoms in total. The first-order valence-corrected chi connectivity index (χ1v) is 11.7. The van der Waals surface area contributed by atoms with Gasteiger partial charge in [0, 0.05) is 30.2 Å². The SMILES string of the molecule is O=C(NCCc1c[nH]c2ccccc12)[C@H]1[C@@H]2C=C[C@]3(CN(CCc4ccccc4)C(=O)[C@@H]13)O2. The Morgan fingerprint density at radius 1 is 1.12 bits per heavy atom. The van der Waals surface area contributed by atoms with E-state index in [9.17, 15) is 9.59 Å². The molecule has 0 aliphatic carbocycles. The van der Waals surface area contributed by atoms with E-state index in [4.69, 9.17) is 4.74 Å². The number of carbonyl (C=O) groups is 2. The van der Waals surface area contributed by atoms with E-state index in [0.29, 0.717) is 19.6 Å². The van der Waals surface area contributed by atoms with Gasteiger partial charge in [-0.3, -0.25) is 9.59 Å². The summed E-state index contributed by atoms with van der Waals surface area (Å²) in [5, 5.41) is 4.26. The highest BCUT2D eigenvalue weighted by molar-refractivity contribution is 5.93. The fourth-order valence-corrected chi connectivity index (χ4v) is 5.75. The van der Waals surface area contributed by atoms with Crippen LogP contribution in [0.15, 0.2) is 72.9 Å². The first-order chi connectivity index (χ1) is 16.1. The molecule has 3 aliphatic heterocycles. The third kappa shape index (κ3) is 3.37. The van der Waals surface area contributed by atoms with Crippen LogP contribution in [0, 0.1) is 11.8 Å². The van der Waals surface area contributed by atoms with E-state index in [0.717, 1.165) is 18.4 Å². The number of carbonyl (C=O) groups excluding carboxylic acids is 2. The third-order valence-electron chi connectivity index (χ3n) is 7.36. The number of aromatic nitrogens is 1. The van der Waals surface area contributed by atoms with Crippen molar-refractivity contribution in [3.05, 3.63) is 84.1 Å². The lowest BCUT2D eigenvalue weighted by molar-refractivity contribution is -0.137. The number of fused-ring (bicyclic) bond motifs is 2. The average Bonchev–Trinajstić information content (AvgIpc) is 3.58. The second-order valence-corrected chi connectivity index (χ2v) is 9.30. The van der Waals surface area contributed by atoms with E-state index >= 15 is 0 Å². The van der Waals surface area contributed by atoms with Gasteiger partial charge >= 0.3 is 0 Å². The molecule has 0 saturated carbocycles. The van der Waals surface area contributed by atoms with Gasteiger partial charge in [0.25, 0.3) is 0 Å². The Morgan fingerprint density at radius 3 is 2.82 bits per heavy atom. The summed E-state index contributed by atoms with van der Waals surface area (Å²) in [4.78, 5) is 31.7. The minimum Gasteiger partial charge on any atom is -0.361 e. The number of nitrogens with one attached hydrogen (secondary N) is 2. The number of aromatic amines is 1. The first-order valence-electron chi connectivity index (χ1n) is 11.7. The van der Waals surface area contributed by atoms with Crippen molar-refractivity contribution in [2.75, 3.05) is 19.6 Å². The number of amides is 2. The summed E-state index contributed by atoms with van der Waals surface area (Å²) in [6, 6.07) is 18.3. The molecule has 4 heterocycles. The van der Waals surface area contributed by atoms with Crippen LogP contribution in [0.4, 0.5) is 0 Å². The normalized spacial score (nSPS) is 27.5. The maximum absolute atomic E-state index is 13.3. The largest absolute Gasteiger partial charge is 0.361 e. The van der Waals surface area contributed by atoms with E-state index in [1.54, 1.807) is 0 Å². The van der Waals surface area contributed by atoms with Gasteiger partial charge < -0.3 is 19.9 Å². The zero-order valence-electron chi connectivity index (χ0n) is 18.4. The molecule has 1 aromatic heterocycles. The molecule has 4 atom stereocenters. The number of para-hydroxylation sites is 1. The number of likely N-dealkylation sites (tertiary alicyclic amines) is 1. The molecule has 2 aromatic carbocycles. The van der Waals surface area contributed by atoms with Crippen molar-refractivity contribution in [1.29, 1.82) is 0 Å². The maximum atomic E-state index is 13.3. The van der Waals surface area contributed by atoms with E-state index in [1.165, 1.54) is 16.5 Å². The Morgan fingerprint density at radius 2 is 1.94 bits per heavy atom. The summed E-state index contributed by atoms with van der Waals surface area (Å²) >= 11 is 0. The molecule has 3 aliphatic rings. The monoisotopic (exact) mass is 441 g/mol. The smallest absolute Gasteiger partial charge is 0.230 e. The molecule has 6 heteroatoms. The van der Waals surface area contributed by atoms with Crippen molar-refractivity contribution >= 4 is 22.7 Å². The van der Waals surface area contributed by atoms with E-state index < -0.39 is 17.4 Å². The number of H-pyrrole nitrogens is 1. The molecule has 6 rings (SSSR count). The van der Waals surface area contributed by atoms with Crippen LogP contribution < -0.4 is 5.32 Å². The van der Waals surface area contributed by atoms with Gasteiger partial charge in [-0.25, -0.2) is 0 Å². The second kappa shape index (κ2) is 7.89. The molecule has 2 bridgehead atoms. The van der Waals surface area contributed by atoms with Gasteiger partial charge in [0.1, 0.15) is 5.60 Å². The van der Waals surface area contributed by atoms with E-state index in [1.807, 2.05) is 59.6 Å². The van der Waals surface area contributed by atoms with Crippen LogP contribution in [0.1, 0.15) is 11.1 Å². The van der Waals surface area contributed by atoms with Crippen molar-refractivity contribution in [3.8, 4) is 0 Å². The first kappa shape index (κ1) is 20.2. The highest BCUT2D eigenvalue weighted by Crippen LogP contribution is 2.51. The van der Waals surface area contributed by atoms with E-state index in [-0.39, 0.29) is 17.9 Å². The molecule has 33 heavy (non-hydrogen) atoms. The summed E-state index contributed by atoms with van der Waals surface area (Å²) in [5.74, 6) is -0.951. The van der Waals surface area contributed by atoms with Gasteiger partial charge in [0.05, 0.1) is 24.5 Å². The van der Waals surface area contributed by atoms with Crippen LogP contribution in [0.2, 0.25) is 0 Å². The van der Waals surface area contributed by atoms with Crippen LogP contribution in [0.3, 0.4) is 0 Å². The lowest BCUT2D eigenvalue weighted by atomic mass is 9.77. The predicted octanol–water partition coefficient (Wildman–Crippen LogP) is 2.85. The van der Waals surface area contributed by atoms with Crippen LogP contribution in [0.5, 0.6) is 0 Å². The number of rotatable bonds is 7. The van der Waals surface area contributed by atoms with Crippen LogP contribution >= 0.6 is 0 Å². The Labute approximate surface area is 192 Å². The Kier molecular flexibility index (Phi) is 4.84. The lowest BCUT2D eigenvalue weighted by Gasteiger charge is -2.23. The number of hydrogen-bond donors (Lipinski definition) is 2. The van der Waals surface area contributed by atoms with Gasteiger partial charge in [-0.2, -0.15) is 0 Å². The molecule has 2 amide bonds. The molecular weight excluding hydrogens is 414 g/mol. The molecule has 1 spiro atoms. The molecule has 2 N–H and O–H groups in total. The molecule has 168 valence electrons. The molecule has 0 unspecified atom stereocenters. The Hall–Kier alpha value is -3.38. The molecule has 3 aromatic rings. The Balaban J connectivity index is 1.11. The average molecular weight is 442 g/mol. The highest BCUT2D eigenvalue weighted by Gasteiger charge is 2.66. The number of ether oxygens (including phenoxy) is 1. The zero-order valence-corrected chi connectivity index (χ0v) is 18.4. The number of benzene rings is 2. The van der Waals surface area contributed by atoms with Crippen molar-refractivity contribution in [2.24, 2.45) is 11.8 Å². The molecular formula is C27H27N3O3. The van der Waals surface area contributed by atoms with Crippen molar-refractivity contribution in [2.45, 2.75) is 24.5 Å². The minimum absolute atomic E-state index is 0.0366. The number of hydrogen-bond acceptors (Lipinski definition) is 3. The fraction of sp³-hybridized carbons (Fsp3) is 0.333. The van der Waals surface area contributed by atoms with Crippen molar-refractivity contribution in [3.63, 3.8) is 0 Å². The molecule has 0 radical (unpaired) electrons. The summed E-state index contributed by atoms with van der Waals surface area (Å²) in [6.45, 7) is 1.69. The van der Waals surface area contributed by atoms with E-state index in [2.05, 4.69) is 28.5 Å². The lowest BCUT2D eigenvalue weighted by Crippen LogP contribution is -2.44. The molecule has 2 fully saturated rings. The van der Waals surface area contributed by atoms with Crippen molar-refractivity contribution < 1.29 is 14.3 Å². The van der Waals surface area contributed by atoms with Crippen LogP contribution in [0.25, 0.3) is 10.9 Å². The summed E-state index contributed by atoms with van der Waals surface area (Å²) < 4.78 is 6.24. The topological polar surface area (TPSA) is 74.4 Å². The Bertz CT molecular complexity index is 1230. The van der Waals surface area contributed by atoms with Crippen LogP contribution in [-0.4, -0.2) is 53.0 Å². The predicted molar refractivity (Wildman–Crippen MR) is 125 cm³/mol. The quantitative estimate of drug-likeness (QED) is 0.554. The summed E-state index contributed by atoms with van der Waals surface area (Å²) in [6.07, 6.45) is 7.19. The molecule has 2 saturated heterocycles. The van der Waals surface area contributed by atoms with Crippen LogP contribution in [-0.2, 0) is 27.2 Å². The summed E-state index contributed by atoms with van der Waals surface area (Å²) in [5.41, 5.74) is 2.82. The zero-order chi connectivity index (χ0) is 22.4. The highest BCUT2D eigenvalue weighted by atomic mass is 16.5. The van der Waals surface area contributed by atoms with Gasteiger partial charge in [-0.05, 0) is 30.0 Å². The van der Waals surface area contributed by atoms with Crippen molar-refractivity contribution in [1.82, 2.24) is 15.2 Å². The fourth-order valence-electron chi connectivity index (χ4n) is 5.75. The van der Waals surface area contributed by atoms with Gasteiger partial charge in [0.15, 0.2) is 0 Å². The number of nitrogens with zero attached hydrogens (tertiary/aromatic N) is 1. The second-order valence-electron chi connectivity index (χ2n) is 9.30. The minimum atomic E-state index is -0.655.